The Labute approximate surface area is 97.1 Å². The molecular weight excluding hydrogens is 372 g/mol. The van der Waals surface area contributed by atoms with E-state index in [-0.39, 0.29) is 0 Å². The van der Waals surface area contributed by atoms with Crippen LogP contribution in [0.25, 0.3) is 0 Å². The van der Waals surface area contributed by atoms with Gasteiger partial charge in [0.25, 0.3) is 0 Å². The summed E-state index contributed by atoms with van der Waals surface area (Å²) in [7, 11) is 6.10. The second-order valence-electron chi connectivity index (χ2n) is 4.99. The summed E-state index contributed by atoms with van der Waals surface area (Å²) in [6.07, 6.45) is 3.34. The fraction of sp³-hybridized carbons (Fsp3) is 1.00. The summed E-state index contributed by atoms with van der Waals surface area (Å²) >= 11 is -1.28. The Hall–Kier alpha value is 1.19. The molecular formula is C10H19ClHgO. The zero-order chi connectivity index (χ0) is 10.1. The van der Waals surface area contributed by atoms with Crippen molar-refractivity contribution in [2.75, 3.05) is 0 Å². The molecule has 3 heteroatoms. The molecule has 0 saturated heterocycles. The van der Waals surface area contributed by atoms with Gasteiger partial charge in [0.15, 0.2) is 0 Å². The van der Waals surface area contributed by atoms with Crippen molar-refractivity contribution in [2.45, 2.75) is 49.1 Å². The molecule has 0 aromatic rings. The third-order valence-corrected chi connectivity index (χ3v) is 13.0. The van der Waals surface area contributed by atoms with Crippen molar-refractivity contribution in [3.8, 4) is 0 Å². The summed E-state index contributed by atoms with van der Waals surface area (Å²) in [6, 6.07) is 0. The molecule has 1 rings (SSSR count). The van der Waals surface area contributed by atoms with E-state index in [2.05, 4.69) is 13.8 Å². The van der Waals surface area contributed by atoms with Gasteiger partial charge >= 0.3 is 97.6 Å². The van der Waals surface area contributed by atoms with E-state index in [0.717, 1.165) is 18.3 Å². The molecule has 0 amide bonds. The summed E-state index contributed by atoms with van der Waals surface area (Å²) in [6.45, 7) is 6.55. The molecule has 13 heavy (non-hydrogen) atoms. The predicted molar refractivity (Wildman–Crippen MR) is 52.4 cm³/mol. The van der Waals surface area contributed by atoms with Crippen LogP contribution in [0, 0.1) is 11.8 Å². The molecule has 0 aromatic carbocycles. The van der Waals surface area contributed by atoms with Crippen LogP contribution >= 0.6 is 8.25 Å². The molecule has 0 heterocycles. The van der Waals surface area contributed by atoms with Gasteiger partial charge < -0.3 is 0 Å². The zero-order valence-corrected chi connectivity index (χ0v) is 15.1. The Balaban J connectivity index is 2.58. The maximum atomic E-state index is 10.1. The van der Waals surface area contributed by atoms with Crippen LogP contribution in [0.4, 0.5) is 0 Å². The maximum absolute atomic E-state index is 10.1. The Bertz CT molecular complexity index is 170. The third kappa shape index (κ3) is 3.07. The van der Waals surface area contributed by atoms with Gasteiger partial charge in [-0.15, -0.1) is 0 Å². The Morgan fingerprint density at radius 3 is 2.62 bits per heavy atom. The van der Waals surface area contributed by atoms with Crippen molar-refractivity contribution in [1.29, 1.82) is 0 Å². The molecule has 0 bridgehead atoms. The first-order valence-corrected chi connectivity index (χ1v) is 15.2. The first-order valence-electron chi connectivity index (χ1n) is 5.25. The average Bonchev–Trinajstić information content (AvgIpc) is 2.03. The van der Waals surface area contributed by atoms with Crippen molar-refractivity contribution in [3.63, 3.8) is 0 Å². The van der Waals surface area contributed by atoms with Crippen molar-refractivity contribution in [1.82, 2.24) is 0 Å². The minimum absolute atomic E-state index is 0.422. The summed E-state index contributed by atoms with van der Waals surface area (Å²) in [4.78, 5) is 0. The molecule has 1 aliphatic carbocycles. The van der Waals surface area contributed by atoms with E-state index < -0.39 is 28.9 Å². The van der Waals surface area contributed by atoms with Gasteiger partial charge in [0.1, 0.15) is 0 Å². The molecule has 0 spiro atoms. The van der Waals surface area contributed by atoms with Crippen molar-refractivity contribution in [2.24, 2.45) is 11.8 Å². The van der Waals surface area contributed by atoms with Gasteiger partial charge in [-0.2, -0.15) is 0 Å². The van der Waals surface area contributed by atoms with Crippen LogP contribution in [0.1, 0.15) is 40.0 Å². The first-order chi connectivity index (χ1) is 5.97. The van der Waals surface area contributed by atoms with E-state index in [1.807, 2.05) is 6.92 Å². The van der Waals surface area contributed by atoms with Crippen LogP contribution in [-0.4, -0.2) is 10.7 Å². The fourth-order valence-corrected chi connectivity index (χ4v) is 10.5. The zero-order valence-electron chi connectivity index (χ0n) is 8.89. The number of aliphatic hydroxyl groups is 1. The molecule has 0 unspecified atom stereocenters. The van der Waals surface area contributed by atoms with E-state index in [9.17, 15) is 5.11 Å². The third-order valence-electron chi connectivity index (χ3n) is 3.62. The number of hydrogen-bond donors (Lipinski definition) is 1. The summed E-state index contributed by atoms with van der Waals surface area (Å²) in [5, 5.41) is 10.1. The van der Waals surface area contributed by atoms with E-state index in [1.165, 1.54) is 12.8 Å². The van der Waals surface area contributed by atoms with E-state index in [0.29, 0.717) is 3.43 Å². The SMILES string of the molecule is CC(C)[C@@H]1CC[C@](C)(O)[C@@H]([Hg][Cl])C1. The van der Waals surface area contributed by atoms with Crippen LogP contribution in [-0.2, 0) is 23.3 Å². The predicted octanol–water partition coefficient (Wildman–Crippen LogP) is 3.22. The molecule has 74 valence electrons. The molecule has 1 N–H and O–H groups in total. The van der Waals surface area contributed by atoms with Gasteiger partial charge in [0, 0.05) is 0 Å². The molecule has 1 nitrogen and oxygen atoms in total. The number of halogens is 1. The van der Waals surface area contributed by atoms with E-state index in [1.54, 1.807) is 0 Å². The van der Waals surface area contributed by atoms with E-state index in [4.69, 9.17) is 8.25 Å². The molecule has 3 atom stereocenters. The monoisotopic (exact) mass is 392 g/mol. The van der Waals surface area contributed by atoms with Crippen LogP contribution in [0.15, 0.2) is 0 Å². The topological polar surface area (TPSA) is 20.2 Å². The second kappa shape index (κ2) is 4.80. The molecule has 1 saturated carbocycles. The quantitative estimate of drug-likeness (QED) is 0.717. The van der Waals surface area contributed by atoms with Gasteiger partial charge in [-0.3, -0.25) is 0 Å². The Morgan fingerprint density at radius 2 is 2.15 bits per heavy atom. The fourth-order valence-electron chi connectivity index (χ4n) is 2.25. The summed E-state index contributed by atoms with van der Waals surface area (Å²) in [5.41, 5.74) is -0.422. The Kier molecular flexibility index (Phi) is 4.53. The Morgan fingerprint density at radius 1 is 1.54 bits per heavy atom. The molecule has 1 aliphatic rings. The van der Waals surface area contributed by atoms with Crippen molar-refractivity contribution in [3.05, 3.63) is 0 Å². The van der Waals surface area contributed by atoms with Crippen LogP contribution < -0.4 is 0 Å². The second-order valence-corrected chi connectivity index (χ2v) is 12.7. The molecule has 1 fully saturated rings. The normalized spacial score (nSPS) is 40.5. The first kappa shape index (κ1) is 12.3. The van der Waals surface area contributed by atoms with Crippen LogP contribution in [0.5, 0.6) is 0 Å². The number of rotatable bonds is 2. The van der Waals surface area contributed by atoms with Crippen LogP contribution in [0.2, 0.25) is 3.43 Å². The van der Waals surface area contributed by atoms with Crippen molar-refractivity contribution >= 4 is 8.25 Å². The van der Waals surface area contributed by atoms with Gasteiger partial charge in [-0.25, -0.2) is 0 Å². The van der Waals surface area contributed by atoms with Gasteiger partial charge in [0.2, 0.25) is 0 Å². The average molecular weight is 391 g/mol. The molecule has 0 radical (unpaired) electrons. The van der Waals surface area contributed by atoms with E-state index >= 15 is 0 Å². The summed E-state index contributed by atoms with van der Waals surface area (Å²) < 4.78 is 0.510. The number of hydrogen-bond acceptors (Lipinski definition) is 1. The van der Waals surface area contributed by atoms with Crippen molar-refractivity contribution < 1.29 is 28.4 Å². The minimum atomic E-state index is -1.28. The molecule has 0 aliphatic heterocycles. The summed E-state index contributed by atoms with van der Waals surface area (Å²) in [5.74, 6) is 1.57. The standard InChI is InChI=1S/C10H19O.ClH.Hg/c1-8(2)9-4-6-10(3,11)7-5-9;;/h6,8-9,11H,4-5,7H2,1-3H3;1H;/q;;+1/p-1/t9-,10+;;/m0../s1. The van der Waals surface area contributed by atoms with Crippen LogP contribution in [0.3, 0.4) is 0 Å². The van der Waals surface area contributed by atoms with Gasteiger partial charge in [-0.05, 0) is 0 Å². The van der Waals surface area contributed by atoms with Gasteiger partial charge in [-0.1, -0.05) is 0 Å². The van der Waals surface area contributed by atoms with Gasteiger partial charge in [0.05, 0.1) is 0 Å². The molecule has 0 aromatic heterocycles.